The van der Waals surface area contributed by atoms with E-state index in [0.29, 0.717) is 15.7 Å². The molecular formula is C13H15Cl2NO3S. The highest BCUT2D eigenvalue weighted by Crippen LogP contribution is 2.25. The van der Waals surface area contributed by atoms with Gasteiger partial charge in [0.05, 0.1) is 15.8 Å². The van der Waals surface area contributed by atoms with Gasteiger partial charge in [-0.25, -0.2) is 0 Å². The average Bonchev–Trinajstić information content (AvgIpc) is 2.33. The molecule has 1 rings (SSSR count). The van der Waals surface area contributed by atoms with Crippen molar-refractivity contribution in [2.75, 3.05) is 11.1 Å². The third kappa shape index (κ3) is 5.23. The number of anilines is 1. The molecule has 1 aromatic rings. The van der Waals surface area contributed by atoms with Crippen molar-refractivity contribution in [2.45, 2.75) is 19.1 Å². The van der Waals surface area contributed by atoms with Crippen molar-refractivity contribution in [2.24, 2.45) is 5.92 Å². The summed E-state index contributed by atoms with van der Waals surface area (Å²) in [7, 11) is 0. The maximum Gasteiger partial charge on any atom is 0.316 e. The molecule has 0 saturated carbocycles. The summed E-state index contributed by atoms with van der Waals surface area (Å²) in [6.07, 6.45) is 0. The van der Waals surface area contributed by atoms with E-state index < -0.39 is 11.2 Å². The van der Waals surface area contributed by atoms with E-state index in [2.05, 4.69) is 5.32 Å². The molecule has 0 bridgehead atoms. The van der Waals surface area contributed by atoms with Crippen LogP contribution in [0.2, 0.25) is 10.0 Å². The van der Waals surface area contributed by atoms with Gasteiger partial charge in [-0.1, -0.05) is 37.0 Å². The number of carbonyl (C=O) groups is 2. The van der Waals surface area contributed by atoms with Crippen LogP contribution in [-0.4, -0.2) is 28.0 Å². The number of hydrogen-bond acceptors (Lipinski definition) is 3. The topological polar surface area (TPSA) is 66.4 Å². The molecule has 4 nitrogen and oxygen atoms in total. The maximum atomic E-state index is 11.8. The summed E-state index contributed by atoms with van der Waals surface area (Å²) in [5.41, 5.74) is 0.529. The zero-order valence-corrected chi connectivity index (χ0v) is 13.4. The molecular weight excluding hydrogens is 321 g/mol. The van der Waals surface area contributed by atoms with Gasteiger partial charge >= 0.3 is 5.97 Å². The Morgan fingerprint density at radius 3 is 2.45 bits per heavy atom. The molecule has 0 saturated heterocycles. The van der Waals surface area contributed by atoms with Crippen molar-refractivity contribution in [3.8, 4) is 0 Å². The standard InChI is InChI=1S/C13H15Cl2NO3S/c1-7(2)12(13(18)19)20-6-11(17)16-8-3-4-9(14)10(15)5-8/h3-5,7,12H,6H2,1-2H3,(H,16,17)(H,18,19). The van der Waals surface area contributed by atoms with E-state index >= 15 is 0 Å². The Kier molecular flexibility index (Phi) is 6.65. The summed E-state index contributed by atoms with van der Waals surface area (Å²) in [5, 5.41) is 11.8. The molecule has 1 aromatic carbocycles. The van der Waals surface area contributed by atoms with Gasteiger partial charge < -0.3 is 10.4 Å². The predicted octanol–water partition coefficient (Wildman–Crippen LogP) is 3.77. The fourth-order valence-electron chi connectivity index (χ4n) is 1.49. The first-order chi connectivity index (χ1) is 9.31. The lowest BCUT2D eigenvalue weighted by Gasteiger charge is -2.15. The number of carboxylic acids is 1. The van der Waals surface area contributed by atoms with Crippen molar-refractivity contribution < 1.29 is 14.7 Å². The zero-order chi connectivity index (χ0) is 15.3. The highest BCUT2D eigenvalue weighted by molar-refractivity contribution is 8.01. The lowest BCUT2D eigenvalue weighted by molar-refractivity contribution is -0.137. The van der Waals surface area contributed by atoms with Gasteiger partial charge in [-0.3, -0.25) is 9.59 Å². The SMILES string of the molecule is CC(C)C(SCC(=O)Nc1ccc(Cl)c(Cl)c1)C(=O)O. The molecule has 20 heavy (non-hydrogen) atoms. The Bertz CT molecular complexity index is 508. The predicted molar refractivity (Wildman–Crippen MR) is 83.8 cm³/mol. The van der Waals surface area contributed by atoms with Gasteiger partial charge in [0.2, 0.25) is 5.91 Å². The quantitative estimate of drug-likeness (QED) is 0.830. The number of rotatable bonds is 6. The third-order valence-electron chi connectivity index (χ3n) is 2.45. The van der Waals surface area contributed by atoms with E-state index in [9.17, 15) is 9.59 Å². The van der Waals surface area contributed by atoms with E-state index in [-0.39, 0.29) is 17.6 Å². The van der Waals surface area contributed by atoms with Crippen molar-refractivity contribution in [1.82, 2.24) is 0 Å². The maximum absolute atomic E-state index is 11.8. The van der Waals surface area contributed by atoms with Crippen LogP contribution in [0.15, 0.2) is 18.2 Å². The van der Waals surface area contributed by atoms with Gasteiger partial charge in [0, 0.05) is 5.69 Å². The molecule has 110 valence electrons. The second kappa shape index (κ2) is 7.76. The highest BCUT2D eigenvalue weighted by Gasteiger charge is 2.22. The van der Waals surface area contributed by atoms with Crippen LogP contribution in [0.3, 0.4) is 0 Å². The first-order valence-electron chi connectivity index (χ1n) is 5.90. The van der Waals surface area contributed by atoms with Crippen LogP contribution in [0.1, 0.15) is 13.8 Å². The van der Waals surface area contributed by atoms with Crippen molar-refractivity contribution in [1.29, 1.82) is 0 Å². The Labute approximate surface area is 131 Å². The summed E-state index contributed by atoms with van der Waals surface area (Å²) in [6.45, 7) is 3.62. The van der Waals surface area contributed by atoms with Gasteiger partial charge in [0.15, 0.2) is 0 Å². The number of aliphatic carboxylic acids is 1. The molecule has 0 heterocycles. The van der Waals surface area contributed by atoms with Crippen molar-refractivity contribution >= 4 is 52.5 Å². The minimum Gasteiger partial charge on any atom is -0.480 e. The number of thioether (sulfide) groups is 1. The Morgan fingerprint density at radius 2 is 1.95 bits per heavy atom. The molecule has 0 aliphatic rings. The molecule has 0 aliphatic carbocycles. The second-order valence-electron chi connectivity index (χ2n) is 4.49. The monoisotopic (exact) mass is 335 g/mol. The van der Waals surface area contributed by atoms with Gasteiger partial charge in [0.25, 0.3) is 0 Å². The van der Waals surface area contributed by atoms with Gasteiger partial charge in [-0.2, -0.15) is 0 Å². The Hall–Kier alpha value is -0.910. The minimum atomic E-state index is -0.910. The van der Waals surface area contributed by atoms with Crippen LogP contribution in [0.5, 0.6) is 0 Å². The number of carbonyl (C=O) groups excluding carboxylic acids is 1. The lowest BCUT2D eigenvalue weighted by Crippen LogP contribution is -2.25. The normalized spacial score (nSPS) is 12.2. The molecule has 0 radical (unpaired) electrons. The van der Waals surface area contributed by atoms with Gasteiger partial charge in [-0.15, -0.1) is 11.8 Å². The van der Waals surface area contributed by atoms with Crippen molar-refractivity contribution in [3.63, 3.8) is 0 Å². The van der Waals surface area contributed by atoms with Crippen LogP contribution in [0, 0.1) is 5.92 Å². The van der Waals surface area contributed by atoms with Gasteiger partial charge in [-0.05, 0) is 24.1 Å². The second-order valence-corrected chi connectivity index (χ2v) is 6.44. The van der Waals surface area contributed by atoms with E-state index in [0.717, 1.165) is 11.8 Å². The summed E-state index contributed by atoms with van der Waals surface area (Å²) >= 11 is 12.7. The summed E-state index contributed by atoms with van der Waals surface area (Å²) in [5.74, 6) is -1.17. The van der Waals surface area contributed by atoms with E-state index in [1.165, 1.54) is 0 Å². The fraction of sp³-hybridized carbons (Fsp3) is 0.385. The van der Waals surface area contributed by atoms with Crippen LogP contribution in [-0.2, 0) is 9.59 Å². The molecule has 0 aromatic heterocycles. The molecule has 1 unspecified atom stereocenters. The molecule has 0 fully saturated rings. The molecule has 1 amide bonds. The van der Waals surface area contributed by atoms with Gasteiger partial charge in [0.1, 0.15) is 5.25 Å². The van der Waals surface area contributed by atoms with E-state index in [1.54, 1.807) is 18.2 Å². The molecule has 1 atom stereocenters. The fourth-order valence-corrected chi connectivity index (χ4v) is 2.71. The van der Waals surface area contributed by atoms with Crippen LogP contribution in [0.25, 0.3) is 0 Å². The number of hydrogen-bond donors (Lipinski definition) is 2. The van der Waals surface area contributed by atoms with Crippen molar-refractivity contribution in [3.05, 3.63) is 28.2 Å². The number of benzene rings is 1. The largest absolute Gasteiger partial charge is 0.480 e. The molecule has 2 N–H and O–H groups in total. The number of nitrogens with one attached hydrogen (secondary N) is 1. The molecule has 0 aliphatic heterocycles. The Morgan fingerprint density at radius 1 is 1.30 bits per heavy atom. The third-order valence-corrected chi connectivity index (χ3v) is 4.72. The summed E-state index contributed by atoms with van der Waals surface area (Å²) in [6, 6.07) is 4.76. The zero-order valence-electron chi connectivity index (χ0n) is 11.0. The van der Waals surface area contributed by atoms with Crippen LogP contribution >= 0.6 is 35.0 Å². The summed E-state index contributed by atoms with van der Waals surface area (Å²) in [4.78, 5) is 22.8. The number of carboxylic acid groups (broad SMARTS) is 1. The first-order valence-corrected chi connectivity index (χ1v) is 7.71. The van der Waals surface area contributed by atoms with Crippen LogP contribution in [0.4, 0.5) is 5.69 Å². The Balaban J connectivity index is 2.55. The summed E-state index contributed by atoms with van der Waals surface area (Å²) < 4.78 is 0. The minimum absolute atomic E-state index is 0.0460. The molecule has 7 heteroatoms. The smallest absolute Gasteiger partial charge is 0.316 e. The van der Waals surface area contributed by atoms with E-state index in [1.807, 2.05) is 13.8 Å². The number of halogens is 2. The number of amides is 1. The average molecular weight is 336 g/mol. The van der Waals surface area contributed by atoms with E-state index in [4.69, 9.17) is 28.3 Å². The first kappa shape index (κ1) is 17.1. The lowest BCUT2D eigenvalue weighted by atomic mass is 10.1. The van der Waals surface area contributed by atoms with Crippen LogP contribution < -0.4 is 5.32 Å². The molecule has 0 spiro atoms. The highest BCUT2D eigenvalue weighted by atomic mass is 35.5.